The van der Waals surface area contributed by atoms with Gasteiger partial charge in [0.2, 0.25) is 0 Å². The van der Waals surface area contributed by atoms with E-state index in [1.165, 1.54) is 50.0 Å². The molecular weight excluding hydrogens is 391 g/mol. The zero-order valence-corrected chi connectivity index (χ0v) is 18.2. The third-order valence-corrected chi connectivity index (χ3v) is 5.06. The number of hydrogen-bond donors (Lipinski definition) is 1. The van der Waals surface area contributed by atoms with Crippen LogP contribution in [0.4, 0.5) is 5.69 Å². The van der Waals surface area contributed by atoms with E-state index in [1.54, 1.807) is 0 Å². The Balaban J connectivity index is 0.00000196. The van der Waals surface area contributed by atoms with Gasteiger partial charge in [-0.05, 0) is 68.6 Å². The second kappa shape index (κ2) is 12.7. The van der Waals surface area contributed by atoms with Gasteiger partial charge in [-0.15, -0.1) is 24.8 Å². The molecule has 0 aromatic heterocycles. The van der Waals surface area contributed by atoms with Crippen molar-refractivity contribution < 1.29 is 0 Å². The predicted molar refractivity (Wildman–Crippen MR) is 126 cm³/mol. The van der Waals surface area contributed by atoms with Crippen LogP contribution in [0.2, 0.25) is 0 Å². The SMILES string of the molecule is CN(C(N)=NCCCCN1CCCC1)c1ccc(-c2ccccc2)cc1.Cl.Cl. The Morgan fingerprint density at radius 2 is 1.54 bits per heavy atom. The van der Waals surface area contributed by atoms with Crippen LogP contribution in [0.15, 0.2) is 59.6 Å². The molecular formula is C22H32Cl2N4. The van der Waals surface area contributed by atoms with Crippen LogP contribution in [0.5, 0.6) is 0 Å². The maximum Gasteiger partial charge on any atom is 0.195 e. The fraction of sp³-hybridized carbons (Fsp3) is 0.409. The van der Waals surface area contributed by atoms with Crippen LogP contribution in [-0.4, -0.2) is 44.1 Å². The molecule has 0 bridgehead atoms. The number of rotatable bonds is 7. The Morgan fingerprint density at radius 1 is 0.929 bits per heavy atom. The Hall–Kier alpha value is -1.75. The summed E-state index contributed by atoms with van der Waals surface area (Å²) >= 11 is 0. The van der Waals surface area contributed by atoms with Crippen molar-refractivity contribution in [2.45, 2.75) is 25.7 Å². The van der Waals surface area contributed by atoms with E-state index in [-0.39, 0.29) is 24.8 Å². The molecule has 0 unspecified atom stereocenters. The number of anilines is 1. The van der Waals surface area contributed by atoms with E-state index in [2.05, 4.69) is 58.4 Å². The summed E-state index contributed by atoms with van der Waals surface area (Å²) in [7, 11) is 1.97. The van der Waals surface area contributed by atoms with Crippen molar-refractivity contribution >= 4 is 36.5 Å². The Bertz CT molecular complexity index is 698. The van der Waals surface area contributed by atoms with Crippen LogP contribution in [0.3, 0.4) is 0 Å². The van der Waals surface area contributed by atoms with Gasteiger partial charge in [0, 0.05) is 19.3 Å². The molecule has 2 N–H and O–H groups in total. The maximum atomic E-state index is 6.17. The van der Waals surface area contributed by atoms with Gasteiger partial charge in [-0.25, -0.2) is 0 Å². The van der Waals surface area contributed by atoms with Crippen LogP contribution in [0.25, 0.3) is 11.1 Å². The van der Waals surface area contributed by atoms with E-state index < -0.39 is 0 Å². The van der Waals surface area contributed by atoms with Crippen molar-refractivity contribution in [1.82, 2.24) is 4.90 Å². The first kappa shape index (κ1) is 24.3. The summed E-state index contributed by atoms with van der Waals surface area (Å²) < 4.78 is 0. The number of aliphatic imine (C=N–C) groups is 1. The second-order valence-electron chi connectivity index (χ2n) is 6.97. The molecule has 0 atom stereocenters. The molecule has 28 heavy (non-hydrogen) atoms. The lowest BCUT2D eigenvalue weighted by Gasteiger charge is -2.19. The molecule has 1 aliphatic rings. The Morgan fingerprint density at radius 3 is 2.18 bits per heavy atom. The molecule has 2 aromatic rings. The highest BCUT2D eigenvalue weighted by Gasteiger charge is 2.10. The highest BCUT2D eigenvalue weighted by molar-refractivity contribution is 5.94. The van der Waals surface area contributed by atoms with E-state index in [4.69, 9.17) is 5.73 Å². The molecule has 0 amide bonds. The molecule has 1 heterocycles. The molecule has 0 spiro atoms. The number of unbranched alkanes of at least 4 members (excludes halogenated alkanes) is 1. The molecule has 154 valence electrons. The van der Waals surface area contributed by atoms with Gasteiger partial charge in [-0.1, -0.05) is 42.5 Å². The molecule has 1 aliphatic heterocycles. The first-order chi connectivity index (χ1) is 12.7. The second-order valence-corrected chi connectivity index (χ2v) is 6.97. The van der Waals surface area contributed by atoms with Crippen LogP contribution in [0.1, 0.15) is 25.7 Å². The van der Waals surface area contributed by atoms with E-state index in [1.807, 2.05) is 18.0 Å². The van der Waals surface area contributed by atoms with Crippen molar-refractivity contribution in [3.63, 3.8) is 0 Å². The number of likely N-dealkylation sites (tertiary alicyclic amines) is 1. The third-order valence-electron chi connectivity index (χ3n) is 5.06. The third kappa shape index (κ3) is 7.01. The maximum absolute atomic E-state index is 6.17. The minimum Gasteiger partial charge on any atom is -0.370 e. The summed E-state index contributed by atoms with van der Waals surface area (Å²) in [5.74, 6) is 0.582. The zero-order chi connectivity index (χ0) is 18.2. The summed E-state index contributed by atoms with van der Waals surface area (Å²) in [5, 5.41) is 0. The van der Waals surface area contributed by atoms with Crippen molar-refractivity contribution in [3.05, 3.63) is 54.6 Å². The summed E-state index contributed by atoms with van der Waals surface area (Å²) in [5.41, 5.74) is 9.66. The number of guanidine groups is 1. The Kier molecular flexibility index (Phi) is 11.0. The van der Waals surface area contributed by atoms with E-state index in [0.717, 1.165) is 18.7 Å². The fourth-order valence-corrected chi connectivity index (χ4v) is 3.39. The summed E-state index contributed by atoms with van der Waals surface area (Å²) in [6.07, 6.45) is 5.02. The zero-order valence-electron chi connectivity index (χ0n) is 16.6. The molecule has 0 radical (unpaired) electrons. The number of benzene rings is 2. The largest absolute Gasteiger partial charge is 0.370 e. The standard InChI is InChI=1S/C22H30N4.2ClH/c1-25(22(23)24-15-5-6-16-26-17-7-8-18-26)21-13-11-20(12-14-21)19-9-3-2-4-10-19;;/h2-4,9-14H,5-8,15-18H2,1H3,(H2,23,24);2*1H. The van der Waals surface area contributed by atoms with E-state index >= 15 is 0 Å². The smallest absolute Gasteiger partial charge is 0.195 e. The molecule has 1 saturated heterocycles. The highest BCUT2D eigenvalue weighted by atomic mass is 35.5. The lowest BCUT2D eigenvalue weighted by atomic mass is 10.1. The van der Waals surface area contributed by atoms with Gasteiger partial charge in [0.1, 0.15) is 0 Å². The van der Waals surface area contributed by atoms with Crippen LogP contribution in [-0.2, 0) is 0 Å². The molecule has 3 rings (SSSR count). The topological polar surface area (TPSA) is 44.9 Å². The quantitative estimate of drug-likeness (QED) is 0.394. The van der Waals surface area contributed by atoms with Gasteiger partial charge < -0.3 is 15.5 Å². The first-order valence-electron chi connectivity index (χ1n) is 9.65. The average molecular weight is 423 g/mol. The van der Waals surface area contributed by atoms with Crippen molar-refractivity contribution in [2.24, 2.45) is 10.7 Å². The van der Waals surface area contributed by atoms with Gasteiger partial charge in [0.25, 0.3) is 0 Å². The number of nitrogens with zero attached hydrogens (tertiary/aromatic N) is 3. The Labute approximate surface area is 181 Å². The fourth-order valence-electron chi connectivity index (χ4n) is 3.39. The molecule has 6 heteroatoms. The van der Waals surface area contributed by atoms with Gasteiger partial charge in [-0.2, -0.15) is 0 Å². The lowest BCUT2D eigenvalue weighted by molar-refractivity contribution is 0.331. The monoisotopic (exact) mass is 422 g/mol. The van der Waals surface area contributed by atoms with E-state index in [0.29, 0.717) is 5.96 Å². The van der Waals surface area contributed by atoms with E-state index in [9.17, 15) is 0 Å². The van der Waals surface area contributed by atoms with Crippen LogP contribution in [0, 0.1) is 0 Å². The summed E-state index contributed by atoms with van der Waals surface area (Å²) in [6.45, 7) is 4.54. The minimum absolute atomic E-state index is 0. The minimum atomic E-state index is 0. The average Bonchev–Trinajstić information content (AvgIpc) is 3.21. The number of halogens is 2. The van der Waals surface area contributed by atoms with Crippen LogP contribution >= 0.6 is 24.8 Å². The van der Waals surface area contributed by atoms with Crippen molar-refractivity contribution in [3.8, 4) is 11.1 Å². The molecule has 0 aliphatic carbocycles. The summed E-state index contributed by atoms with van der Waals surface area (Å²) in [6, 6.07) is 18.8. The normalized spacial score (nSPS) is 14.2. The number of nitrogens with two attached hydrogens (primary N) is 1. The molecule has 0 saturated carbocycles. The highest BCUT2D eigenvalue weighted by Crippen LogP contribution is 2.22. The molecule has 4 nitrogen and oxygen atoms in total. The summed E-state index contributed by atoms with van der Waals surface area (Å²) in [4.78, 5) is 9.05. The van der Waals surface area contributed by atoms with Gasteiger partial charge in [-0.3, -0.25) is 4.99 Å². The van der Waals surface area contributed by atoms with Gasteiger partial charge in [0.15, 0.2) is 5.96 Å². The lowest BCUT2D eigenvalue weighted by Crippen LogP contribution is -2.34. The van der Waals surface area contributed by atoms with Gasteiger partial charge in [0.05, 0.1) is 0 Å². The van der Waals surface area contributed by atoms with Crippen molar-refractivity contribution in [2.75, 3.05) is 38.1 Å². The molecule has 2 aromatic carbocycles. The van der Waals surface area contributed by atoms with Crippen molar-refractivity contribution in [1.29, 1.82) is 0 Å². The van der Waals surface area contributed by atoms with Gasteiger partial charge >= 0.3 is 0 Å². The molecule has 1 fully saturated rings. The first-order valence-corrected chi connectivity index (χ1v) is 9.65. The number of hydrogen-bond acceptors (Lipinski definition) is 2. The van der Waals surface area contributed by atoms with Crippen LogP contribution < -0.4 is 10.6 Å². The predicted octanol–water partition coefficient (Wildman–Crippen LogP) is 4.82.